The highest BCUT2D eigenvalue weighted by Gasteiger charge is 2.24. The smallest absolute Gasteiger partial charge is 0.335 e. The molecule has 0 amide bonds. The Morgan fingerprint density at radius 1 is 1.25 bits per heavy atom. The third-order valence-electron chi connectivity index (χ3n) is 2.80. The van der Waals surface area contributed by atoms with Gasteiger partial charge < -0.3 is 10.2 Å². The van der Waals surface area contributed by atoms with Gasteiger partial charge in [0.15, 0.2) is 0 Å². The number of aliphatic hydroxyl groups excluding tert-OH is 1. The van der Waals surface area contributed by atoms with E-state index in [1.165, 1.54) is 28.6 Å². The van der Waals surface area contributed by atoms with Gasteiger partial charge in [-0.3, -0.25) is 0 Å². The number of nitrogens with zero attached hydrogens (tertiary/aromatic N) is 1. The zero-order valence-corrected chi connectivity index (χ0v) is 12.3. The molecule has 0 fully saturated rings. The second-order valence-corrected chi connectivity index (χ2v) is 6.61. The first-order valence-electron chi connectivity index (χ1n) is 6.20. The molecule has 112 valence electrons. The van der Waals surface area contributed by atoms with E-state index in [0.29, 0.717) is 5.56 Å². The summed E-state index contributed by atoms with van der Waals surface area (Å²) >= 11 is 0. The predicted molar refractivity (Wildman–Crippen MR) is 75.0 cm³/mol. The normalized spacial score (nSPS) is 12.1. The fourth-order valence-corrected chi connectivity index (χ4v) is 3.64. The van der Waals surface area contributed by atoms with Crippen molar-refractivity contribution >= 4 is 16.0 Å². The van der Waals surface area contributed by atoms with Gasteiger partial charge in [-0.25, -0.2) is 13.2 Å². The van der Waals surface area contributed by atoms with E-state index < -0.39 is 16.0 Å². The lowest BCUT2D eigenvalue weighted by atomic mass is 10.1. The van der Waals surface area contributed by atoms with Gasteiger partial charge in [0, 0.05) is 12.6 Å². The van der Waals surface area contributed by atoms with Crippen LogP contribution in [0.2, 0.25) is 0 Å². The monoisotopic (exact) mass is 301 g/mol. The number of benzene rings is 1. The molecular formula is C13H19NO5S. The standard InChI is InChI=1S/C13H19NO5S/c1-10(2)14(7-8-15)20(18,19)9-11-3-5-12(6-4-11)13(16)17/h3-6,10,15H,7-9H2,1-2H3,(H,16,17). The van der Waals surface area contributed by atoms with Crippen molar-refractivity contribution in [2.45, 2.75) is 25.6 Å². The van der Waals surface area contributed by atoms with Crippen LogP contribution in [0.1, 0.15) is 29.8 Å². The SMILES string of the molecule is CC(C)N(CCO)S(=O)(=O)Cc1ccc(C(=O)O)cc1. The number of carboxylic acids is 1. The first-order chi connectivity index (χ1) is 9.27. The Labute approximate surface area is 118 Å². The van der Waals surface area contributed by atoms with E-state index >= 15 is 0 Å². The zero-order valence-electron chi connectivity index (χ0n) is 11.5. The minimum atomic E-state index is -3.54. The molecule has 0 spiro atoms. The highest BCUT2D eigenvalue weighted by molar-refractivity contribution is 7.88. The van der Waals surface area contributed by atoms with Crippen molar-refractivity contribution in [1.29, 1.82) is 0 Å². The van der Waals surface area contributed by atoms with Gasteiger partial charge in [-0.1, -0.05) is 12.1 Å². The topological polar surface area (TPSA) is 94.9 Å². The first kappa shape index (κ1) is 16.6. The Kier molecular flexibility index (Phi) is 5.67. The van der Waals surface area contributed by atoms with Gasteiger partial charge in [-0.05, 0) is 31.5 Å². The van der Waals surface area contributed by atoms with Gasteiger partial charge in [-0.15, -0.1) is 0 Å². The van der Waals surface area contributed by atoms with Crippen molar-refractivity contribution in [2.24, 2.45) is 0 Å². The molecule has 0 aliphatic heterocycles. The fourth-order valence-electron chi connectivity index (χ4n) is 1.85. The van der Waals surface area contributed by atoms with E-state index in [1.807, 2.05) is 0 Å². The summed E-state index contributed by atoms with van der Waals surface area (Å²) in [6.07, 6.45) is 0. The van der Waals surface area contributed by atoms with Gasteiger partial charge >= 0.3 is 5.97 Å². The number of rotatable bonds is 7. The van der Waals surface area contributed by atoms with Crippen LogP contribution in [0, 0.1) is 0 Å². The molecule has 0 radical (unpaired) electrons. The van der Waals surface area contributed by atoms with Crippen LogP contribution in [0.5, 0.6) is 0 Å². The van der Waals surface area contributed by atoms with E-state index in [2.05, 4.69) is 0 Å². The molecule has 0 bridgehead atoms. The molecule has 1 aromatic carbocycles. The quantitative estimate of drug-likeness (QED) is 0.781. The van der Waals surface area contributed by atoms with Crippen LogP contribution in [0.4, 0.5) is 0 Å². The molecule has 7 heteroatoms. The highest BCUT2D eigenvalue weighted by atomic mass is 32.2. The average molecular weight is 301 g/mol. The van der Waals surface area contributed by atoms with Gasteiger partial charge in [0.2, 0.25) is 10.0 Å². The van der Waals surface area contributed by atoms with E-state index in [4.69, 9.17) is 10.2 Å². The maximum Gasteiger partial charge on any atom is 0.335 e. The van der Waals surface area contributed by atoms with Crippen LogP contribution < -0.4 is 0 Å². The number of aromatic carboxylic acids is 1. The lowest BCUT2D eigenvalue weighted by molar-refractivity contribution is 0.0697. The molecule has 0 unspecified atom stereocenters. The molecule has 0 atom stereocenters. The largest absolute Gasteiger partial charge is 0.478 e. The van der Waals surface area contributed by atoms with Crippen molar-refractivity contribution in [2.75, 3.05) is 13.2 Å². The van der Waals surface area contributed by atoms with E-state index in [9.17, 15) is 13.2 Å². The summed E-state index contributed by atoms with van der Waals surface area (Å²) in [7, 11) is -3.54. The first-order valence-corrected chi connectivity index (χ1v) is 7.81. The van der Waals surface area contributed by atoms with Crippen molar-refractivity contribution in [3.05, 3.63) is 35.4 Å². The van der Waals surface area contributed by atoms with Crippen molar-refractivity contribution < 1.29 is 23.4 Å². The molecule has 6 nitrogen and oxygen atoms in total. The third kappa shape index (κ3) is 4.29. The molecule has 0 heterocycles. The summed E-state index contributed by atoms with van der Waals surface area (Å²) in [5.41, 5.74) is 0.626. The minimum absolute atomic E-state index is 0.0488. The number of hydrogen-bond donors (Lipinski definition) is 2. The van der Waals surface area contributed by atoms with Crippen LogP contribution >= 0.6 is 0 Å². The Hall–Kier alpha value is -1.44. The van der Waals surface area contributed by atoms with Crippen molar-refractivity contribution in [1.82, 2.24) is 4.31 Å². The molecule has 0 saturated heterocycles. The highest BCUT2D eigenvalue weighted by Crippen LogP contribution is 2.14. The molecular weight excluding hydrogens is 282 g/mol. The summed E-state index contributed by atoms with van der Waals surface area (Å²) in [5, 5.41) is 17.7. The number of aliphatic hydroxyl groups is 1. The van der Waals surface area contributed by atoms with Crippen LogP contribution in [0.25, 0.3) is 0 Å². The van der Waals surface area contributed by atoms with E-state index in [-0.39, 0.29) is 30.5 Å². The van der Waals surface area contributed by atoms with Crippen LogP contribution in [0.15, 0.2) is 24.3 Å². The fraction of sp³-hybridized carbons (Fsp3) is 0.462. The number of sulfonamides is 1. The average Bonchev–Trinajstić information content (AvgIpc) is 2.35. The molecule has 0 saturated carbocycles. The molecule has 2 N–H and O–H groups in total. The summed E-state index contributed by atoms with van der Waals surface area (Å²) in [6.45, 7) is 3.28. The molecule has 1 rings (SSSR count). The van der Waals surface area contributed by atoms with Crippen molar-refractivity contribution in [3.8, 4) is 0 Å². The molecule has 0 aliphatic carbocycles. The summed E-state index contributed by atoms with van der Waals surface area (Å²) in [4.78, 5) is 10.7. The lowest BCUT2D eigenvalue weighted by Gasteiger charge is -2.25. The summed E-state index contributed by atoms with van der Waals surface area (Å²) in [6, 6.07) is 5.47. The lowest BCUT2D eigenvalue weighted by Crippen LogP contribution is -2.39. The molecule has 0 aliphatic rings. The van der Waals surface area contributed by atoms with Crippen LogP contribution in [0.3, 0.4) is 0 Å². The van der Waals surface area contributed by atoms with Gasteiger partial charge in [0.25, 0.3) is 0 Å². The maximum atomic E-state index is 12.2. The minimum Gasteiger partial charge on any atom is -0.478 e. The zero-order chi connectivity index (χ0) is 15.3. The van der Waals surface area contributed by atoms with E-state index in [1.54, 1.807) is 13.8 Å². The Morgan fingerprint density at radius 2 is 1.80 bits per heavy atom. The second-order valence-electron chi connectivity index (χ2n) is 4.69. The Balaban J connectivity index is 2.92. The third-order valence-corrected chi connectivity index (χ3v) is 4.82. The number of carbonyl (C=O) groups is 1. The maximum absolute atomic E-state index is 12.2. The predicted octanol–water partition coefficient (Wildman–Crippen LogP) is 0.917. The van der Waals surface area contributed by atoms with E-state index in [0.717, 1.165) is 0 Å². The Morgan fingerprint density at radius 3 is 2.20 bits per heavy atom. The summed E-state index contributed by atoms with van der Waals surface area (Å²) < 4.78 is 25.7. The molecule has 0 aromatic heterocycles. The van der Waals surface area contributed by atoms with Crippen LogP contribution in [-0.4, -0.2) is 48.1 Å². The molecule has 1 aromatic rings. The van der Waals surface area contributed by atoms with Gasteiger partial charge in [0.05, 0.1) is 17.9 Å². The summed E-state index contributed by atoms with van der Waals surface area (Å²) in [5.74, 6) is -1.27. The second kappa shape index (κ2) is 6.83. The van der Waals surface area contributed by atoms with Gasteiger partial charge in [-0.2, -0.15) is 4.31 Å². The van der Waals surface area contributed by atoms with Crippen LogP contribution in [-0.2, 0) is 15.8 Å². The van der Waals surface area contributed by atoms with Crippen molar-refractivity contribution in [3.63, 3.8) is 0 Å². The number of hydrogen-bond acceptors (Lipinski definition) is 4. The number of carboxylic acid groups (broad SMARTS) is 1. The van der Waals surface area contributed by atoms with Gasteiger partial charge in [0.1, 0.15) is 0 Å². The Bertz CT molecular complexity index is 551. The molecule has 20 heavy (non-hydrogen) atoms.